The van der Waals surface area contributed by atoms with Crippen molar-refractivity contribution in [3.05, 3.63) is 84.4 Å². The predicted molar refractivity (Wildman–Crippen MR) is 118 cm³/mol. The quantitative estimate of drug-likeness (QED) is 0.340. The van der Waals surface area contributed by atoms with Crippen LogP contribution in [0, 0.1) is 6.92 Å². The van der Waals surface area contributed by atoms with Gasteiger partial charge in [-0.1, -0.05) is 54.1 Å². The number of aryl methyl sites for hydroxylation is 1. The number of rotatable bonds is 1. The summed E-state index contributed by atoms with van der Waals surface area (Å²) in [6.45, 7) is 2.09. The molecule has 2 aromatic heterocycles. The maximum Gasteiger partial charge on any atom is 0.0996 e. The summed E-state index contributed by atoms with van der Waals surface area (Å²) < 4.78 is 0. The molecule has 6 rings (SSSR count). The number of nitrogens with zero attached hydrogens (tertiary/aromatic N) is 4. The number of hydrogen-bond acceptors (Lipinski definition) is 4. The molecule has 0 saturated carbocycles. The molecule has 29 heavy (non-hydrogen) atoms. The fourth-order valence-electron chi connectivity index (χ4n) is 3.83. The van der Waals surface area contributed by atoms with Gasteiger partial charge in [0.1, 0.15) is 0 Å². The molecule has 0 aliphatic carbocycles. The van der Waals surface area contributed by atoms with Gasteiger partial charge in [-0.2, -0.15) is 0 Å². The maximum atomic E-state index is 4.98. The van der Waals surface area contributed by atoms with E-state index in [0.29, 0.717) is 0 Å². The van der Waals surface area contributed by atoms with Crippen LogP contribution in [0.4, 0.5) is 0 Å². The molecule has 4 heteroatoms. The highest BCUT2D eigenvalue weighted by Gasteiger charge is 2.16. The van der Waals surface area contributed by atoms with Gasteiger partial charge >= 0.3 is 0 Å². The molecular weight excluding hydrogens is 356 g/mol. The lowest BCUT2D eigenvalue weighted by Gasteiger charge is -2.12. The Kier molecular flexibility index (Phi) is 3.35. The molecule has 0 aliphatic heterocycles. The predicted octanol–water partition coefficient (Wildman–Crippen LogP) is 5.85. The van der Waals surface area contributed by atoms with E-state index >= 15 is 0 Å². The van der Waals surface area contributed by atoms with Crippen LogP contribution in [0.2, 0.25) is 0 Å². The van der Waals surface area contributed by atoms with Crippen molar-refractivity contribution in [2.24, 2.45) is 0 Å². The van der Waals surface area contributed by atoms with Crippen LogP contribution in [0.15, 0.2) is 78.9 Å². The minimum absolute atomic E-state index is 0.830. The van der Waals surface area contributed by atoms with Crippen LogP contribution in [0.5, 0.6) is 0 Å². The summed E-state index contributed by atoms with van der Waals surface area (Å²) in [5, 5.41) is 0. The Balaban J connectivity index is 1.84. The summed E-state index contributed by atoms with van der Waals surface area (Å²) in [5.74, 6) is 0. The summed E-state index contributed by atoms with van der Waals surface area (Å²) >= 11 is 0. The van der Waals surface area contributed by atoms with E-state index in [-0.39, 0.29) is 0 Å². The van der Waals surface area contributed by atoms with Gasteiger partial charge in [-0.3, -0.25) is 0 Å². The van der Waals surface area contributed by atoms with E-state index in [4.69, 9.17) is 19.9 Å². The van der Waals surface area contributed by atoms with Gasteiger partial charge in [-0.15, -0.1) is 0 Å². The van der Waals surface area contributed by atoms with Crippen molar-refractivity contribution < 1.29 is 0 Å². The maximum absolute atomic E-state index is 4.98. The molecule has 2 heterocycles. The summed E-state index contributed by atoms with van der Waals surface area (Å²) in [7, 11) is 0. The van der Waals surface area contributed by atoms with E-state index in [1.807, 2.05) is 54.6 Å². The second-order valence-corrected chi connectivity index (χ2v) is 7.28. The standard InChI is InChI=1S/C25H16N4/c1-15-10-12-16(13-11-15)23-24-21(26-17-6-2-4-8-19(17)28-24)14-22-25(23)29-20-9-5-3-7-18(20)27-22/h2-14H,1H3. The van der Waals surface area contributed by atoms with Crippen molar-refractivity contribution in [1.29, 1.82) is 0 Å². The van der Waals surface area contributed by atoms with Crippen molar-refractivity contribution >= 4 is 44.1 Å². The minimum atomic E-state index is 0.830. The van der Waals surface area contributed by atoms with Crippen LogP contribution in [0.3, 0.4) is 0 Å². The summed E-state index contributed by atoms with van der Waals surface area (Å²) in [6, 6.07) is 26.4. The number of aromatic nitrogens is 4. The molecule has 4 aromatic carbocycles. The van der Waals surface area contributed by atoms with Gasteiger partial charge in [0.05, 0.1) is 44.1 Å². The van der Waals surface area contributed by atoms with E-state index in [2.05, 4.69) is 31.2 Å². The Bertz CT molecular complexity index is 1460. The zero-order valence-electron chi connectivity index (χ0n) is 15.8. The lowest BCUT2D eigenvalue weighted by Crippen LogP contribution is -1.96. The van der Waals surface area contributed by atoms with E-state index in [1.165, 1.54) is 5.56 Å². The van der Waals surface area contributed by atoms with E-state index in [0.717, 1.165) is 55.3 Å². The SMILES string of the molecule is Cc1ccc(-c2c3nc4ccccc4nc3cc3nc4ccccc4nc23)cc1. The third-order valence-electron chi connectivity index (χ3n) is 5.28. The largest absolute Gasteiger partial charge is 0.244 e. The molecule has 6 aromatic rings. The first-order valence-electron chi connectivity index (χ1n) is 9.59. The van der Waals surface area contributed by atoms with Gasteiger partial charge in [0.2, 0.25) is 0 Å². The summed E-state index contributed by atoms with van der Waals surface area (Å²) in [5.41, 5.74) is 10.1. The molecule has 0 atom stereocenters. The van der Waals surface area contributed by atoms with Gasteiger partial charge in [0.25, 0.3) is 0 Å². The van der Waals surface area contributed by atoms with E-state index < -0.39 is 0 Å². The molecule has 0 aliphatic rings. The Morgan fingerprint density at radius 1 is 0.483 bits per heavy atom. The molecule has 0 bridgehead atoms. The van der Waals surface area contributed by atoms with Gasteiger partial charge in [-0.25, -0.2) is 19.9 Å². The highest BCUT2D eigenvalue weighted by molar-refractivity contribution is 6.10. The number of fused-ring (bicyclic) bond motifs is 4. The van der Waals surface area contributed by atoms with E-state index in [9.17, 15) is 0 Å². The molecule has 0 radical (unpaired) electrons. The Hall–Kier alpha value is -3.92. The highest BCUT2D eigenvalue weighted by atomic mass is 14.8. The lowest BCUT2D eigenvalue weighted by molar-refractivity contribution is 1.36. The van der Waals surface area contributed by atoms with Crippen LogP contribution in [0.25, 0.3) is 55.3 Å². The topological polar surface area (TPSA) is 51.6 Å². The van der Waals surface area contributed by atoms with Crippen LogP contribution in [-0.4, -0.2) is 19.9 Å². The minimum Gasteiger partial charge on any atom is -0.244 e. The Labute approximate surface area is 166 Å². The first-order chi connectivity index (χ1) is 14.3. The zero-order chi connectivity index (χ0) is 19.4. The van der Waals surface area contributed by atoms with Gasteiger partial charge in [0.15, 0.2) is 0 Å². The number of hydrogen-bond donors (Lipinski definition) is 0. The van der Waals surface area contributed by atoms with Gasteiger partial charge in [0, 0.05) is 5.56 Å². The normalized spacial score (nSPS) is 11.6. The fourth-order valence-corrected chi connectivity index (χ4v) is 3.83. The highest BCUT2D eigenvalue weighted by Crippen LogP contribution is 2.35. The van der Waals surface area contributed by atoms with Crippen LogP contribution in [0.1, 0.15) is 5.56 Å². The first-order valence-corrected chi connectivity index (χ1v) is 9.59. The summed E-state index contributed by atoms with van der Waals surface area (Å²) in [6.07, 6.45) is 0. The second kappa shape index (κ2) is 6.04. The number of para-hydroxylation sites is 4. The van der Waals surface area contributed by atoms with Gasteiger partial charge in [-0.05, 0) is 42.8 Å². The smallest absolute Gasteiger partial charge is 0.0996 e. The van der Waals surface area contributed by atoms with Crippen molar-refractivity contribution in [1.82, 2.24) is 19.9 Å². The molecular formula is C25H16N4. The molecule has 0 fully saturated rings. The van der Waals surface area contributed by atoms with Crippen LogP contribution >= 0.6 is 0 Å². The molecule has 4 nitrogen and oxygen atoms in total. The van der Waals surface area contributed by atoms with Crippen molar-refractivity contribution in [3.8, 4) is 11.1 Å². The third-order valence-corrected chi connectivity index (χ3v) is 5.28. The molecule has 0 unspecified atom stereocenters. The zero-order valence-corrected chi connectivity index (χ0v) is 15.8. The fraction of sp³-hybridized carbons (Fsp3) is 0.0400. The lowest BCUT2D eigenvalue weighted by atomic mass is 10.00. The van der Waals surface area contributed by atoms with Crippen LogP contribution in [-0.2, 0) is 0 Å². The summed E-state index contributed by atoms with van der Waals surface area (Å²) in [4.78, 5) is 19.7. The third kappa shape index (κ3) is 2.53. The number of benzene rings is 4. The Morgan fingerprint density at radius 2 is 0.931 bits per heavy atom. The molecule has 0 amide bonds. The molecule has 0 saturated heterocycles. The molecule has 0 N–H and O–H groups in total. The Morgan fingerprint density at radius 3 is 1.41 bits per heavy atom. The van der Waals surface area contributed by atoms with Gasteiger partial charge < -0.3 is 0 Å². The van der Waals surface area contributed by atoms with Crippen molar-refractivity contribution in [2.75, 3.05) is 0 Å². The average molecular weight is 372 g/mol. The van der Waals surface area contributed by atoms with Crippen molar-refractivity contribution in [2.45, 2.75) is 6.92 Å². The second-order valence-electron chi connectivity index (χ2n) is 7.28. The average Bonchev–Trinajstić information content (AvgIpc) is 2.75. The van der Waals surface area contributed by atoms with Crippen molar-refractivity contribution in [3.63, 3.8) is 0 Å². The van der Waals surface area contributed by atoms with E-state index in [1.54, 1.807) is 0 Å². The monoisotopic (exact) mass is 372 g/mol. The molecule has 0 spiro atoms. The first kappa shape index (κ1) is 16.1. The van der Waals surface area contributed by atoms with Crippen LogP contribution < -0.4 is 0 Å². The molecule has 136 valence electrons.